The standard InChI is InChI=1S/C22H21N2O7PS/c1-2-31-22(27)17-12-18(14-7-4-3-5-8-14)33-21(17)24-19(25)13-23-20(26)15-9-6-10-16(11-15)32(28,29)30/h3-12H,2,13H2,1H3,(H,23,26)(H,24,25)(H2,28,29,30). The molecule has 2 aromatic carbocycles. The Kier molecular flexibility index (Phi) is 7.78. The third-order valence-electron chi connectivity index (χ3n) is 4.39. The van der Waals surface area contributed by atoms with Crippen molar-refractivity contribution in [1.29, 1.82) is 0 Å². The molecule has 0 unspecified atom stereocenters. The van der Waals surface area contributed by atoms with E-state index in [1.165, 1.54) is 29.5 Å². The molecule has 9 nitrogen and oxygen atoms in total. The van der Waals surface area contributed by atoms with Gasteiger partial charge < -0.3 is 25.2 Å². The van der Waals surface area contributed by atoms with Gasteiger partial charge in [-0.25, -0.2) is 4.79 Å². The second-order valence-corrected chi connectivity index (χ2v) is 9.42. The number of anilines is 1. The van der Waals surface area contributed by atoms with Crippen LogP contribution in [0, 0.1) is 0 Å². The zero-order valence-corrected chi connectivity index (χ0v) is 19.2. The van der Waals surface area contributed by atoms with E-state index in [0.717, 1.165) is 16.5 Å². The number of benzene rings is 2. The van der Waals surface area contributed by atoms with Gasteiger partial charge in [0.15, 0.2) is 0 Å². The van der Waals surface area contributed by atoms with Crippen LogP contribution < -0.4 is 15.9 Å². The molecule has 3 aromatic rings. The van der Waals surface area contributed by atoms with E-state index in [9.17, 15) is 28.7 Å². The van der Waals surface area contributed by atoms with Gasteiger partial charge in [-0.2, -0.15) is 0 Å². The molecule has 3 rings (SSSR count). The third-order valence-corrected chi connectivity index (χ3v) is 6.44. The zero-order valence-electron chi connectivity index (χ0n) is 17.5. The highest BCUT2D eigenvalue weighted by Crippen LogP contribution is 2.36. The van der Waals surface area contributed by atoms with E-state index in [-0.39, 0.29) is 28.0 Å². The van der Waals surface area contributed by atoms with E-state index in [0.29, 0.717) is 0 Å². The summed E-state index contributed by atoms with van der Waals surface area (Å²) in [6, 6.07) is 16.0. The summed E-state index contributed by atoms with van der Waals surface area (Å²) in [4.78, 5) is 56.4. The first-order valence-corrected chi connectivity index (χ1v) is 12.2. The van der Waals surface area contributed by atoms with Crippen LogP contribution in [0.2, 0.25) is 0 Å². The normalized spacial score (nSPS) is 11.0. The number of carbonyl (C=O) groups excluding carboxylic acids is 3. The minimum absolute atomic E-state index is 0.00155. The maximum absolute atomic E-state index is 12.5. The summed E-state index contributed by atoms with van der Waals surface area (Å²) in [7, 11) is -4.51. The van der Waals surface area contributed by atoms with Crippen molar-refractivity contribution in [2.24, 2.45) is 0 Å². The highest BCUT2D eigenvalue weighted by atomic mass is 32.1. The van der Waals surface area contributed by atoms with Crippen molar-refractivity contribution in [3.63, 3.8) is 0 Å². The van der Waals surface area contributed by atoms with Crippen LogP contribution in [0.25, 0.3) is 10.4 Å². The number of rotatable bonds is 8. The quantitative estimate of drug-likeness (QED) is 0.282. The van der Waals surface area contributed by atoms with Gasteiger partial charge in [0.25, 0.3) is 5.91 Å². The summed E-state index contributed by atoms with van der Waals surface area (Å²) >= 11 is 1.20. The first-order valence-electron chi connectivity index (χ1n) is 9.79. The molecule has 0 bridgehead atoms. The summed E-state index contributed by atoms with van der Waals surface area (Å²) < 4.78 is 16.5. The van der Waals surface area contributed by atoms with Crippen molar-refractivity contribution >= 4 is 47.0 Å². The van der Waals surface area contributed by atoms with Gasteiger partial charge in [-0.1, -0.05) is 36.4 Å². The van der Waals surface area contributed by atoms with E-state index in [1.807, 2.05) is 30.3 Å². The molecule has 0 aliphatic heterocycles. The number of nitrogens with one attached hydrogen (secondary N) is 2. The fourth-order valence-corrected chi connectivity index (χ4v) is 4.51. The second kappa shape index (κ2) is 10.5. The van der Waals surface area contributed by atoms with Crippen molar-refractivity contribution in [2.75, 3.05) is 18.5 Å². The molecule has 0 aliphatic rings. The fourth-order valence-electron chi connectivity index (χ4n) is 2.85. The number of hydrogen-bond acceptors (Lipinski definition) is 6. The maximum atomic E-state index is 12.5. The van der Waals surface area contributed by atoms with Crippen LogP contribution in [0.4, 0.5) is 5.00 Å². The molecule has 33 heavy (non-hydrogen) atoms. The average molecular weight is 488 g/mol. The molecule has 0 saturated carbocycles. The zero-order chi connectivity index (χ0) is 24.0. The van der Waals surface area contributed by atoms with Crippen LogP contribution in [0.15, 0.2) is 60.7 Å². The van der Waals surface area contributed by atoms with Crippen LogP contribution >= 0.6 is 18.9 Å². The number of thiophene rings is 1. The molecule has 11 heteroatoms. The van der Waals surface area contributed by atoms with E-state index in [2.05, 4.69) is 10.6 Å². The lowest BCUT2D eigenvalue weighted by Gasteiger charge is -2.09. The Hall–Kier alpha value is -3.30. The highest BCUT2D eigenvalue weighted by molar-refractivity contribution is 7.60. The topological polar surface area (TPSA) is 142 Å². The molecule has 1 heterocycles. The number of esters is 1. The van der Waals surface area contributed by atoms with Crippen LogP contribution in [-0.4, -0.2) is 40.7 Å². The minimum Gasteiger partial charge on any atom is -0.462 e. The minimum atomic E-state index is -4.51. The average Bonchev–Trinajstić information content (AvgIpc) is 3.21. The molecule has 172 valence electrons. The Morgan fingerprint density at radius 1 is 1.03 bits per heavy atom. The predicted octanol–water partition coefficient (Wildman–Crippen LogP) is 2.76. The summed E-state index contributed by atoms with van der Waals surface area (Å²) in [6.45, 7) is 1.43. The maximum Gasteiger partial charge on any atom is 0.356 e. The molecule has 0 spiro atoms. The van der Waals surface area contributed by atoms with Crippen molar-refractivity contribution in [3.05, 3.63) is 71.8 Å². The van der Waals surface area contributed by atoms with Gasteiger partial charge in [0.2, 0.25) is 5.91 Å². The van der Waals surface area contributed by atoms with Crippen molar-refractivity contribution in [1.82, 2.24) is 5.32 Å². The Bertz CT molecular complexity index is 1220. The van der Waals surface area contributed by atoms with Gasteiger partial charge in [-0.15, -0.1) is 11.3 Å². The lowest BCUT2D eigenvalue weighted by atomic mass is 10.1. The molecule has 2 amide bonds. The molecule has 0 fully saturated rings. The van der Waals surface area contributed by atoms with Crippen molar-refractivity contribution in [2.45, 2.75) is 6.92 Å². The third kappa shape index (κ3) is 6.36. The van der Waals surface area contributed by atoms with Gasteiger partial charge >= 0.3 is 13.6 Å². The van der Waals surface area contributed by atoms with E-state index >= 15 is 0 Å². The lowest BCUT2D eigenvalue weighted by Crippen LogP contribution is -2.33. The smallest absolute Gasteiger partial charge is 0.356 e. The van der Waals surface area contributed by atoms with Gasteiger partial charge in [-0.3, -0.25) is 14.2 Å². The molecule has 1 aromatic heterocycles. The molecule has 0 radical (unpaired) electrons. The number of amides is 2. The van der Waals surface area contributed by atoms with Crippen LogP contribution in [0.5, 0.6) is 0 Å². The van der Waals surface area contributed by atoms with Gasteiger partial charge in [0.05, 0.1) is 24.0 Å². The Morgan fingerprint density at radius 3 is 2.42 bits per heavy atom. The van der Waals surface area contributed by atoms with Gasteiger partial charge in [-0.05, 0) is 36.8 Å². The van der Waals surface area contributed by atoms with Crippen LogP contribution in [0.3, 0.4) is 0 Å². The highest BCUT2D eigenvalue weighted by Gasteiger charge is 2.21. The Morgan fingerprint density at radius 2 is 1.76 bits per heavy atom. The number of ether oxygens (including phenoxy) is 1. The lowest BCUT2D eigenvalue weighted by molar-refractivity contribution is -0.115. The van der Waals surface area contributed by atoms with Crippen LogP contribution in [-0.2, 0) is 14.1 Å². The van der Waals surface area contributed by atoms with Crippen molar-refractivity contribution < 1.29 is 33.5 Å². The van der Waals surface area contributed by atoms with E-state index < -0.39 is 31.9 Å². The summed E-state index contributed by atoms with van der Waals surface area (Å²) in [6.07, 6.45) is 0. The summed E-state index contributed by atoms with van der Waals surface area (Å²) in [5.74, 6) is -1.84. The monoisotopic (exact) mass is 488 g/mol. The molecule has 0 atom stereocenters. The molecular formula is C22H21N2O7PS. The van der Waals surface area contributed by atoms with Gasteiger partial charge in [0.1, 0.15) is 5.00 Å². The van der Waals surface area contributed by atoms with Crippen LogP contribution in [0.1, 0.15) is 27.6 Å². The van der Waals surface area contributed by atoms with E-state index in [4.69, 9.17) is 4.74 Å². The van der Waals surface area contributed by atoms with Crippen molar-refractivity contribution in [3.8, 4) is 10.4 Å². The van der Waals surface area contributed by atoms with E-state index in [1.54, 1.807) is 13.0 Å². The molecule has 0 saturated heterocycles. The SMILES string of the molecule is CCOC(=O)c1cc(-c2ccccc2)sc1NC(=O)CNC(=O)c1cccc(P(=O)(O)O)c1. The second-order valence-electron chi connectivity index (χ2n) is 6.77. The van der Waals surface area contributed by atoms with Gasteiger partial charge in [0, 0.05) is 10.4 Å². The fraction of sp³-hybridized carbons (Fsp3) is 0.136. The summed E-state index contributed by atoms with van der Waals surface area (Å²) in [5, 5.41) is 5.00. The first kappa shape index (κ1) is 24.3. The Balaban J connectivity index is 1.72. The summed E-state index contributed by atoms with van der Waals surface area (Å²) in [5.41, 5.74) is 1.07. The predicted molar refractivity (Wildman–Crippen MR) is 125 cm³/mol. The molecule has 0 aliphatic carbocycles. The number of hydrogen-bond donors (Lipinski definition) is 4. The Labute approximate surface area is 193 Å². The number of carbonyl (C=O) groups is 3. The molecular weight excluding hydrogens is 467 g/mol. The first-order chi connectivity index (χ1) is 15.7. The largest absolute Gasteiger partial charge is 0.462 e. The molecule has 4 N–H and O–H groups in total.